The third-order valence-electron chi connectivity index (χ3n) is 1.97. The van der Waals surface area contributed by atoms with Crippen LogP contribution in [-0.2, 0) is 0 Å². The molecule has 0 amide bonds. The van der Waals surface area contributed by atoms with Gasteiger partial charge in [0.05, 0.1) is 6.61 Å². The maximum absolute atomic E-state index is 8.57. The van der Waals surface area contributed by atoms with E-state index in [1.807, 2.05) is 13.8 Å². The largest absolute Gasteiger partial charge is 0.449 e. The van der Waals surface area contributed by atoms with Crippen LogP contribution < -0.4 is 4.74 Å². The third-order valence-corrected chi connectivity index (χ3v) is 1.97. The highest BCUT2D eigenvalue weighted by atomic mass is 16.6. The molecular formula is C10H18N2O3. The normalized spacial score (nSPS) is 10.9. The zero-order chi connectivity index (χ0) is 11.1. The zero-order valence-electron chi connectivity index (χ0n) is 9.27. The summed E-state index contributed by atoms with van der Waals surface area (Å²) in [4.78, 5) is 4.08. The molecule has 86 valence electrons. The number of nitrogens with zero attached hydrogens (tertiary/aromatic N) is 2. The molecule has 5 heteroatoms. The zero-order valence-corrected chi connectivity index (χ0v) is 9.27. The van der Waals surface area contributed by atoms with Crippen molar-refractivity contribution >= 4 is 0 Å². The molecule has 0 bridgehead atoms. The Hall–Kier alpha value is -1.10. The topological polar surface area (TPSA) is 68.4 Å². The van der Waals surface area contributed by atoms with E-state index in [1.54, 1.807) is 0 Å². The minimum absolute atomic E-state index is 0.234. The lowest BCUT2D eigenvalue weighted by molar-refractivity contribution is 0.196. The molecule has 15 heavy (non-hydrogen) atoms. The van der Waals surface area contributed by atoms with Gasteiger partial charge in [-0.1, -0.05) is 19.0 Å². The van der Waals surface area contributed by atoms with E-state index >= 15 is 0 Å². The molecule has 0 fully saturated rings. The van der Waals surface area contributed by atoms with Crippen molar-refractivity contribution in [2.75, 3.05) is 13.2 Å². The van der Waals surface area contributed by atoms with Gasteiger partial charge in [-0.25, -0.2) is 0 Å². The summed E-state index contributed by atoms with van der Waals surface area (Å²) in [5.74, 6) is 0.917. The van der Waals surface area contributed by atoms with Crippen molar-refractivity contribution in [3.63, 3.8) is 0 Å². The average Bonchev–Trinajstić information content (AvgIpc) is 2.66. The van der Waals surface area contributed by atoms with Gasteiger partial charge < -0.3 is 9.84 Å². The Bertz CT molecular complexity index is 273. The minimum Gasteiger partial charge on any atom is -0.449 e. The fourth-order valence-electron chi connectivity index (χ4n) is 1.06. The van der Waals surface area contributed by atoms with E-state index in [0.717, 1.165) is 19.3 Å². The molecular weight excluding hydrogens is 196 g/mol. The van der Waals surface area contributed by atoms with Crippen molar-refractivity contribution < 1.29 is 14.4 Å². The second kappa shape index (κ2) is 6.40. The number of rotatable bonds is 7. The third kappa shape index (κ3) is 4.29. The molecule has 5 nitrogen and oxygen atoms in total. The van der Waals surface area contributed by atoms with Gasteiger partial charge in [-0.15, -0.1) is 0 Å². The minimum atomic E-state index is 0.234. The molecule has 1 aromatic rings. The molecule has 1 aromatic heterocycles. The lowest BCUT2D eigenvalue weighted by Gasteiger charge is -1.99. The number of ether oxygens (including phenoxy) is 1. The van der Waals surface area contributed by atoms with Gasteiger partial charge in [-0.05, 0) is 19.3 Å². The Labute approximate surface area is 89.4 Å². The first-order valence-electron chi connectivity index (χ1n) is 5.31. The van der Waals surface area contributed by atoms with Crippen LogP contribution in [0.1, 0.15) is 44.9 Å². The molecule has 0 atom stereocenters. The summed E-state index contributed by atoms with van der Waals surface area (Å²) in [6, 6.07) is 0. The van der Waals surface area contributed by atoms with E-state index in [9.17, 15) is 0 Å². The van der Waals surface area contributed by atoms with Crippen LogP contribution >= 0.6 is 0 Å². The molecule has 0 saturated carbocycles. The summed E-state index contributed by atoms with van der Waals surface area (Å²) >= 11 is 0. The van der Waals surface area contributed by atoms with Crippen LogP contribution in [0.2, 0.25) is 0 Å². The Morgan fingerprint density at radius 2 is 2.13 bits per heavy atom. The van der Waals surface area contributed by atoms with Gasteiger partial charge in [-0.3, -0.25) is 4.52 Å². The van der Waals surface area contributed by atoms with E-state index in [4.69, 9.17) is 14.4 Å². The van der Waals surface area contributed by atoms with E-state index in [0.29, 0.717) is 12.4 Å². The molecule has 0 radical (unpaired) electrons. The monoisotopic (exact) mass is 214 g/mol. The second-order valence-corrected chi connectivity index (χ2v) is 3.71. The Balaban J connectivity index is 2.20. The number of hydrogen-bond acceptors (Lipinski definition) is 5. The molecule has 0 spiro atoms. The molecule has 0 aromatic carbocycles. The van der Waals surface area contributed by atoms with Gasteiger partial charge in [0.25, 0.3) is 0 Å². The van der Waals surface area contributed by atoms with E-state index in [-0.39, 0.29) is 18.6 Å². The van der Waals surface area contributed by atoms with Crippen LogP contribution in [0, 0.1) is 0 Å². The first-order chi connectivity index (χ1) is 7.24. The van der Waals surface area contributed by atoms with Crippen LogP contribution in [0.3, 0.4) is 0 Å². The Morgan fingerprint density at radius 3 is 2.73 bits per heavy atom. The van der Waals surface area contributed by atoms with E-state index in [2.05, 4.69) is 10.1 Å². The lowest BCUT2D eigenvalue weighted by Crippen LogP contribution is -1.98. The van der Waals surface area contributed by atoms with Crippen molar-refractivity contribution in [2.45, 2.75) is 39.0 Å². The van der Waals surface area contributed by atoms with Crippen molar-refractivity contribution in [3.05, 3.63) is 5.82 Å². The molecule has 1 N–H and O–H groups in total. The van der Waals surface area contributed by atoms with Gasteiger partial charge in [0.1, 0.15) is 0 Å². The van der Waals surface area contributed by atoms with Crippen LogP contribution in [0.15, 0.2) is 4.52 Å². The molecule has 1 heterocycles. The number of aliphatic hydroxyl groups excluding tert-OH is 1. The summed E-state index contributed by atoms with van der Waals surface area (Å²) in [5, 5.41) is 12.3. The second-order valence-electron chi connectivity index (χ2n) is 3.71. The quantitative estimate of drug-likeness (QED) is 0.700. The van der Waals surface area contributed by atoms with Crippen molar-refractivity contribution in [2.24, 2.45) is 0 Å². The SMILES string of the molecule is CC(C)c1noc(OCCCCCO)n1. The number of hydrogen-bond donors (Lipinski definition) is 1. The fraction of sp³-hybridized carbons (Fsp3) is 0.800. The Morgan fingerprint density at radius 1 is 1.33 bits per heavy atom. The van der Waals surface area contributed by atoms with E-state index < -0.39 is 0 Å². The highest BCUT2D eigenvalue weighted by Crippen LogP contribution is 2.14. The van der Waals surface area contributed by atoms with Crippen molar-refractivity contribution in [1.82, 2.24) is 10.1 Å². The van der Waals surface area contributed by atoms with Gasteiger partial charge in [0, 0.05) is 12.5 Å². The summed E-state index contributed by atoms with van der Waals surface area (Å²) in [7, 11) is 0. The van der Waals surface area contributed by atoms with Crippen molar-refractivity contribution in [3.8, 4) is 6.08 Å². The highest BCUT2D eigenvalue weighted by molar-refractivity contribution is 4.94. The molecule has 0 aliphatic heterocycles. The standard InChI is InChI=1S/C10H18N2O3/c1-8(2)9-11-10(15-12-9)14-7-5-3-4-6-13/h8,13H,3-7H2,1-2H3. The molecule has 1 rings (SSSR count). The number of aliphatic hydroxyl groups is 1. The van der Waals surface area contributed by atoms with Gasteiger partial charge >= 0.3 is 6.08 Å². The van der Waals surface area contributed by atoms with Crippen LogP contribution in [0.5, 0.6) is 6.08 Å². The fourth-order valence-corrected chi connectivity index (χ4v) is 1.06. The van der Waals surface area contributed by atoms with Crippen LogP contribution in [-0.4, -0.2) is 28.5 Å². The molecule has 0 saturated heterocycles. The first-order valence-corrected chi connectivity index (χ1v) is 5.31. The van der Waals surface area contributed by atoms with Crippen molar-refractivity contribution in [1.29, 1.82) is 0 Å². The maximum Gasteiger partial charge on any atom is 0.417 e. The van der Waals surface area contributed by atoms with Crippen LogP contribution in [0.4, 0.5) is 0 Å². The first kappa shape index (κ1) is 12.0. The van der Waals surface area contributed by atoms with Crippen LogP contribution in [0.25, 0.3) is 0 Å². The average molecular weight is 214 g/mol. The Kier molecular flexibility index (Phi) is 5.10. The predicted molar refractivity (Wildman–Crippen MR) is 54.8 cm³/mol. The molecule has 0 aliphatic rings. The lowest BCUT2D eigenvalue weighted by atomic mass is 10.2. The highest BCUT2D eigenvalue weighted by Gasteiger charge is 2.09. The smallest absolute Gasteiger partial charge is 0.417 e. The van der Waals surface area contributed by atoms with Gasteiger partial charge in [0.2, 0.25) is 0 Å². The summed E-state index contributed by atoms with van der Waals surface area (Å²) in [5.41, 5.74) is 0. The number of unbranched alkanes of at least 4 members (excludes halogenated alkanes) is 2. The van der Waals surface area contributed by atoms with Gasteiger partial charge in [0.15, 0.2) is 5.82 Å². The number of aromatic nitrogens is 2. The maximum atomic E-state index is 8.57. The molecule has 0 unspecified atom stereocenters. The van der Waals surface area contributed by atoms with Gasteiger partial charge in [-0.2, -0.15) is 4.98 Å². The van der Waals surface area contributed by atoms with E-state index in [1.165, 1.54) is 0 Å². The molecule has 0 aliphatic carbocycles. The predicted octanol–water partition coefficient (Wildman–Crippen LogP) is 1.73. The summed E-state index contributed by atoms with van der Waals surface area (Å²) < 4.78 is 10.2. The summed E-state index contributed by atoms with van der Waals surface area (Å²) in [6.07, 6.45) is 2.88. The summed E-state index contributed by atoms with van der Waals surface area (Å²) in [6.45, 7) is 4.78.